The van der Waals surface area contributed by atoms with Crippen LogP contribution in [0.3, 0.4) is 0 Å². The third kappa shape index (κ3) is 5.05. The van der Waals surface area contributed by atoms with Crippen LogP contribution in [0.5, 0.6) is 5.75 Å². The number of methoxy groups -OCH3 is 1. The number of halogens is 2. The molecule has 1 saturated heterocycles. The Balaban J connectivity index is 2.08. The van der Waals surface area contributed by atoms with E-state index in [-0.39, 0.29) is 13.2 Å². The predicted molar refractivity (Wildman–Crippen MR) is 126 cm³/mol. The highest BCUT2D eigenvalue weighted by molar-refractivity contribution is 7.89. The number of rotatable bonds is 9. The Morgan fingerprint density at radius 1 is 1.25 bits per heavy atom. The zero-order valence-electron chi connectivity index (χ0n) is 19.7. The molecule has 1 aliphatic rings. The summed E-state index contributed by atoms with van der Waals surface area (Å²) in [5.74, 6) is -3.33. The summed E-state index contributed by atoms with van der Waals surface area (Å²) in [7, 11) is -1.74. The largest absolute Gasteiger partial charge is 0.497 e. The quantitative estimate of drug-likeness (QED) is 0.502. The van der Waals surface area contributed by atoms with E-state index >= 15 is 0 Å². The number of carbonyl (C=O) groups excluding carboxylic acids is 1. The number of ether oxygens (including phenoxy) is 2. The van der Waals surface area contributed by atoms with Gasteiger partial charge in [0.15, 0.2) is 0 Å². The molecule has 3 rings (SSSR count). The average Bonchev–Trinajstić information content (AvgIpc) is 3.26. The number of carbonyl (C=O) groups is 2. The summed E-state index contributed by atoms with van der Waals surface area (Å²) < 4.78 is 67.1. The number of hydrogen-bond donors (Lipinski definition) is 1. The van der Waals surface area contributed by atoms with E-state index < -0.39 is 63.0 Å². The van der Waals surface area contributed by atoms with Gasteiger partial charge in [0.2, 0.25) is 10.0 Å². The molecule has 0 aromatic heterocycles. The molecule has 1 N–H and O–H groups in total. The minimum atomic E-state index is -4.48. The van der Waals surface area contributed by atoms with Gasteiger partial charge in [-0.15, -0.1) is 0 Å². The van der Waals surface area contributed by atoms with E-state index in [0.29, 0.717) is 17.4 Å². The molecule has 1 amide bonds. The first-order valence-electron chi connectivity index (χ1n) is 10.8. The highest BCUT2D eigenvalue weighted by atomic mass is 32.2. The summed E-state index contributed by atoms with van der Waals surface area (Å²) in [6.45, 7) is 1.80. The number of sulfonamides is 1. The van der Waals surface area contributed by atoms with Crippen molar-refractivity contribution in [2.45, 2.75) is 17.2 Å². The van der Waals surface area contributed by atoms with Gasteiger partial charge in [0.25, 0.3) is 0 Å². The van der Waals surface area contributed by atoms with Crippen LogP contribution in [0.25, 0.3) is 0 Å². The summed E-state index contributed by atoms with van der Waals surface area (Å²) in [6.07, 6.45) is 0.299. The van der Waals surface area contributed by atoms with E-state index in [1.165, 1.54) is 20.2 Å². The third-order valence-electron chi connectivity index (χ3n) is 6.11. The van der Waals surface area contributed by atoms with Crippen molar-refractivity contribution < 1.29 is 41.4 Å². The van der Waals surface area contributed by atoms with Crippen molar-refractivity contribution in [2.75, 3.05) is 33.9 Å². The number of amides is 1. The van der Waals surface area contributed by atoms with Crippen LogP contribution in [-0.4, -0.2) is 73.9 Å². The van der Waals surface area contributed by atoms with Gasteiger partial charge in [-0.1, -0.05) is 30.9 Å². The van der Waals surface area contributed by atoms with Crippen LogP contribution in [0.15, 0.2) is 55.1 Å². The Hall–Kier alpha value is -3.51. The molecular weight excluding hydrogens is 498 g/mol. The van der Waals surface area contributed by atoms with Crippen LogP contribution in [0.1, 0.15) is 11.1 Å². The number of aliphatic carboxylic acids is 1. The second-order valence-electron chi connectivity index (χ2n) is 8.28. The molecule has 2 atom stereocenters. The zero-order chi connectivity index (χ0) is 26.7. The van der Waals surface area contributed by atoms with Crippen molar-refractivity contribution in [3.63, 3.8) is 0 Å². The molecule has 0 spiro atoms. The molecule has 0 unspecified atom stereocenters. The molecule has 2 aromatic rings. The fourth-order valence-corrected chi connectivity index (χ4v) is 6.20. The summed E-state index contributed by atoms with van der Waals surface area (Å²) in [6, 6.07) is 8.76. The van der Waals surface area contributed by atoms with Gasteiger partial charge in [0.1, 0.15) is 34.7 Å². The lowest BCUT2D eigenvalue weighted by Gasteiger charge is -2.33. The van der Waals surface area contributed by atoms with Gasteiger partial charge in [-0.3, -0.25) is 4.79 Å². The smallest absolute Gasteiger partial charge is 0.410 e. The van der Waals surface area contributed by atoms with Gasteiger partial charge in [0.05, 0.1) is 7.11 Å². The Morgan fingerprint density at radius 2 is 1.92 bits per heavy atom. The van der Waals surface area contributed by atoms with Crippen LogP contribution < -0.4 is 4.74 Å². The Morgan fingerprint density at radius 3 is 2.47 bits per heavy atom. The maximum absolute atomic E-state index is 14.9. The molecule has 0 saturated carbocycles. The van der Waals surface area contributed by atoms with Gasteiger partial charge >= 0.3 is 12.1 Å². The lowest BCUT2D eigenvalue weighted by molar-refractivity contribution is -0.143. The number of benzene rings is 2. The number of hydrogen-bond acceptors (Lipinski definition) is 6. The Bertz CT molecular complexity index is 1250. The Kier molecular flexibility index (Phi) is 7.99. The molecule has 0 bridgehead atoms. The van der Waals surface area contributed by atoms with Gasteiger partial charge in [0, 0.05) is 38.3 Å². The molecule has 1 aliphatic heterocycles. The molecule has 1 fully saturated rings. The van der Waals surface area contributed by atoms with Crippen molar-refractivity contribution in [3.05, 3.63) is 77.9 Å². The number of carboxylic acid groups (broad SMARTS) is 1. The van der Waals surface area contributed by atoms with E-state index in [1.54, 1.807) is 24.3 Å². The lowest BCUT2D eigenvalue weighted by atomic mass is 9.79. The first-order chi connectivity index (χ1) is 17.0. The average molecular weight is 525 g/mol. The van der Waals surface area contributed by atoms with E-state index in [9.17, 15) is 31.9 Å². The van der Waals surface area contributed by atoms with Gasteiger partial charge in [-0.05, 0) is 23.8 Å². The van der Waals surface area contributed by atoms with Crippen molar-refractivity contribution in [1.29, 1.82) is 0 Å². The molecule has 194 valence electrons. The normalized spacial score (nSPS) is 19.8. The molecule has 9 nitrogen and oxygen atoms in total. The van der Waals surface area contributed by atoms with Gasteiger partial charge < -0.3 is 19.5 Å². The highest BCUT2D eigenvalue weighted by Gasteiger charge is 2.62. The molecule has 0 radical (unpaired) electrons. The molecule has 1 heterocycles. The SMILES string of the molecule is C=CCOC(=O)N1C[C@@H](S(=O)(=O)N(C)Cc2ccc(OC)cc2)[C@](C(=O)O)(c2ccc(F)cc2F)C1. The maximum atomic E-state index is 14.9. The summed E-state index contributed by atoms with van der Waals surface area (Å²) >= 11 is 0. The van der Waals surface area contributed by atoms with Crippen molar-refractivity contribution in [1.82, 2.24) is 9.21 Å². The second kappa shape index (κ2) is 10.6. The molecule has 36 heavy (non-hydrogen) atoms. The third-order valence-corrected chi connectivity index (χ3v) is 8.38. The topological polar surface area (TPSA) is 113 Å². The molecule has 12 heteroatoms. The number of nitrogens with zero attached hydrogens (tertiary/aromatic N) is 2. The molecular formula is C24H26F2N2O7S. The Labute approximate surface area is 207 Å². The molecule has 2 aromatic carbocycles. The van der Waals surface area contributed by atoms with Gasteiger partial charge in [-0.25, -0.2) is 26.3 Å². The predicted octanol–water partition coefficient (Wildman–Crippen LogP) is 2.76. The first kappa shape index (κ1) is 27.1. The minimum Gasteiger partial charge on any atom is -0.497 e. The summed E-state index contributed by atoms with van der Waals surface area (Å²) in [4.78, 5) is 26.2. The monoisotopic (exact) mass is 524 g/mol. The highest BCUT2D eigenvalue weighted by Crippen LogP contribution is 2.42. The van der Waals surface area contributed by atoms with Crippen LogP contribution in [0.2, 0.25) is 0 Å². The van der Waals surface area contributed by atoms with Crippen molar-refractivity contribution >= 4 is 22.1 Å². The van der Waals surface area contributed by atoms with E-state index in [2.05, 4.69) is 6.58 Å². The lowest BCUT2D eigenvalue weighted by Crippen LogP contribution is -2.53. The van der Waals surface area contributed by atoms with Gasteiger partial charge in [-0.2, -0.15) is 0 Å². The second-order valence-corrected chi connectivity index (χ2v) is 10.5. The van der Waals surface area contributed by atoms with Crippen molar-refractivity contribution in [2.24, 2.45) is 0 Å². The van der Waals surface area contributed by atoms with E-state index in [0.717, 1.165) is 21.3 Å². The maximum Gasteiger partial charge on any atom is 0.410 e. The summed E-state index contributed by atoms with van der Waals surface area (Å²) in [5, 5.41) is 8.49. The van der Waals surface area contributed by atoms with Crippen molar-refractivity contribution in [3.8, 4) is 5.75 Å². The van der Waals surface area contributed by atoms with Crippen LogP contribution >= 0.6 is 0 Å². The number of likely N-dealkylation sites (tertiary alicyclic amines) is 1. The standard InChI is InChI=1S/C24H26F2N2O7S/c1-4-11-35-23(31)28-14-21(24(15-28,22(29)30)19-10-7-17(25)12-20(19)26)36(32,33)27(2)13-16-5-8-18(34-3)9-6-16/h4-10,12,21H,1,11,13-15H2,2-3H3,(H,29,30)/t21-,24-/m1/s1. The van der Waals surface area contributed by atoms with E-state index in [4.69, 9.17) is 9.47 Å². The molecule has 0 aliphatic carbocycles. The minimum absolute atomic E-state index is 0.134. The fraction of sp³-hybridized carbons (Fsp3) is 0.333. The van der Waals surface area contributed by atoms with Crippen LogP contribution in [0, 0.1) is 11.6 Å². The summed E-state index contributed by atoms with van der Waals surface area (Å²) in [5.41, 5.74) is -2.41. The van der Waals surface area contributed by atoms with Crippen LogP contribution in [0.4, 0.5) is 13.6 Å². The van der Waals surface area contributed by atoms with E-state index in [1.807, 2.05) is 0 Å². The zero-order valence-corrected chi connectivity index (χ0v) is 20.5. The number of carboxylic acids is 1. The van der Waals surface area contributed by atoms with Crippen LogP contribution in [-0.2, 0) is 31.5 Å². The fourth-order valence-electron chi connectivity index (χ4n) is 4.26. The first-order valence-corrected chi connectivity index (χ1v) is 12.3.